The Balaban J connectivity index is 1.96. The molecule has 1 aromatic heterocycles. The van der Waals surface area contributed by atoms with Gasteiger partial charge in [0, 0.05) is 6.20 Å². The van der Waals surface area contributed by atoms with Crippen molar-refractivity contribution in [1.29, 1.82) is 0 Å². The van der Waals surface area contributed by atoms with E-state index in [4.69, 9.17) is 16.7 Å². The Morgan fingerprint density at radius 3 is 2.60 bits per heavy atom. The maximum absolute atomic E-state index is 10.8. The van der Waals surface area contributed by atoms with E-state index in [0.717, 1.165) is 25.7 Å². The molecule has 5 heteroatoms. The molecular weight excluding hydrogens is 216 g/mol. The molecule has 4 nitrogen and oxygen atoms in total. The Bertz CT molecular complexity index is 356. The lowest BCUT2D eigenvalue weighted by Gasteiger charge is -2.26. The largest absolute Gasteiger partial charge is 0.481 e. The minimum absolute atomic E-state index is 0.174. The van der Waals surface area contributed by atoms with Crippen LogP contribution >= 0.6 is 11.6 Å². The molecule has 0 radical (unpaired) electrons. The Kier molecular flexibility index (Phi) is 2.95. The van der Waals surface area contributed by atoms with Gasteiger partial charge in [0.15, 0.2) is 0 Å². The zero-order valence-electron chi connectivity index (χ0n) is 8.27. The normalized spacial score (nSPS) is 26.5. The quantitative estimate of drug-likeness (QED) is 0.846. The van der Waals surface area contributed by atoms with E-state index in [9.17, 15) is 4.79 Å². The number of aliphatic carboxylic acids is 1. The highest BCUT2D eigenvalue weighted by Crippen LogP contribution is 2.32. The molecule has 2 rings (SSSR count). The van der Waals surface area contributed by atoms with Crippen molar-refractivity contribution in [3.05, 3.63) is 17.4 Å². The highest BCUT2D eigenvalue weighted by molar-refractivity contribution is 6.30. The van der Waals surface area contributed by atoms with Crippen LogP contribution in [-0.2, 0) is 4.79 Å². The molecule has 1 saturated carbocycles. The summed E-state index contributed by atoms with van der Waals surface area (Å²) in [6.45, 7) is 0. The average molecular weight is 229 g/mol. The van der Waals surface area contributed by atoms with E-state index < -0.39 is 5.97 Å². The van der Waals surface area contributed by atoms with E-state index in [0.29, 0.717) is 11.1 Å². The van der Waals surface area contributed by atoms with Gasteiger partial charge in [0.05, 0.1) is 23.2 Å². The topological polar surface area (TPSA) is 55.1 Å². The summed E-state index contributed by atoms with van der Waals surface area (Å²) >= 11 is 5.78. The van der Waals surface area contributed by atoms with E-state index in [1.807, 2.05) is 4.68 Å². The molecule has 0 spiro atoms. The van der Waals surface area contributed by atoms with Crippen molar-refractivity contribution in [2.45, 2.75) is 31.7 Å². The van der Waals surface area contributed by atoms with Gasteiger partial charge >= 0.3 is 5.97 Å². The second-order valence-corrected chi connectivity index (χ2v) is 4.42. The fraction of sp³-hybridized carbons (Fsp3) is 0.600. The van der Waals surface area contributed by atoms with Crippen LogP contribution in [0.3, 0.4) is 0 Å². The lowest BCUT2D eigenvalue weighted by molar-refractivity contribution is -0.143. The van der Waals surface area contributed by atoms with Crippen LogP contribution in [0.15, 0.2) is 12.4 Å². The number of aromatic nitrogens is 2. The lowest BCUT2D eigenvalue weighted by atomic mass is 9.86. The smallest absolute Gasteiger partial charge is 0.306 e. The lowest BCUT2D eigenvalue weighted by Crippen LogP contribution is -2.23. The molecule has 0 aliphatic heterocycles. The fourth-order valence-corrected chi connectivity index (χ4v) is 2.25. The predicted octanol–water partition coefficient (Wildman–Crippen LogP) is 2.35. The second-order valence-electron chi connectivity index (χ2n) is 3.98. The molecule has 0 bridgehead atoms. The van der Waals surface area contributed by atoms with E-state index >= 15 is 0 Å². The average Bonchev–Trinajstić information content (AvgIpc) is 2.65. The molecule has 1 N–H and O–H groups in total. The molecular formula is C10H13ClN2O2. The summed E-state index contributed by atoms with van der Waals surface area (Å²) < 4.78 is 1.85. The number of hydrogen-bond donors (Lipinski definition) is 1. The minimum atomic E-state index is -0.674. The number of carboxylic acids is 1. The van der Waals surface area contributed by atoms with Gasteiger partial charge in [-0.25, -0.2) is 0 Å². The van der Waals surface area contributed by atoms with Gasteiger partial charge in [-0.15, -0.1) is 0 Å². The number of carbonyl (C=O) groups is 1. The van der Waals surface area contributed by atoms with Crippen LogP contribution in [0.5, 0.6) is 0 Å². The molecule has 1 aliphatic rings. The second kappa shape index (κ2) is 4.23. The maximum Gasteiger partial charge on any atom is 0.306 e. The van der Waals surface area contributed by atoms with Crippen LogP contribution in [-0.4, -0.2) is 20.9 Å². The monoisotopic (exact) mass is 228 g/mol. The van der Waals surface area contributed by atoms with Gasteiger partial charge < -0.3 is 5.11 Å². The van der Waals surface area contributed by atoms with Gasteiger partial charge in [0.25, 0.3) is 0 Å². The first-order valence-electron chi connectivity index (χ1n) is 5.09. The van der Waals surface area contributed by atoms with Crippen LogP contribution < -0.4 is 0 Å². The minimum Gasteiger partial charge on any atom is -0.481 e. The highest BCUT2D eigenvalue weighted by Gasteiger charge is 2.26. The SMILES string of the molecule is O=C(O)C1CCC(n2cc(Cl)cn2)CC1. The van der Waals surface area contributed by atoms with Gasteiger partial charge in [-0.1, -0.05) is 11.6 Å². The van der Waals surface area contributed by atoms with Crippen molar-refractivity contribution in [2.75, 3.05) is 0 Å². The van der Waals surface area contributed by atoms with E-state index in [1.54, 1.807) is 12.4 Å². The summed E-state index contributed by atoms with van der Waals surface area (Å²) in [4.78, 5) is 10.8. The standard InChI is InChI=1S/C10H13ClN2O2/c11-8-5-12-13(6-8)9-3-1-7(2-4-9)10(14)15/h5-7,9H,1-4H2,(H,14,15). The van der Waals surface area contributed by atoms with Gasteiger partial charge in [-0.2, -0.15) is 5.10 Å². The molecule has 0 atom stereocenters. The first-order chi connectivity index (χ1) is 7.16. The Morgan fingerprint density at radius 2 is 2.13 bits per heavy atom. The van der Waals surface area contributed by atoms with Crippen molar-refractivity contribution in [1.82, 2.24) is 9.78 Å². The first kappa shape index (κ1) is 10.5. The van der Waals surface area contributed by atoms with Crippen molar-refractivity contribution in [2.24, 2.45) is 5.92 Å². The Labute approximate surface area is 92.8 Å². The van der Waals surface area contributed by atoms with Gasteiger partial charge in [0.2, 0.25) is 0 Å². The van der Waals surface area contributed by atoms with Crippen LogP contribution in [0.4, 0.5) is 0 Å². The molecule has 1 aliphatic carbocycles. The summed E-state index contributed by atoms with van der Waals surface area (Å²) in [6.07, 6.45) is 6.62. The van der Waals surface area contributed by atoms with E-state index in [-0.39, 0.29) is 5.92 Å². The number of rotatable bonds is 2. The summed E-state index contributed by atoms with van der Waals surface area (Å²) in [5.74, 6) is -0.848. The summed E-state index contributed by atoms with van der Waals surface area (Å²) in [5, 5.41) is 13.6. The van der Waals surface area contributed by atoms with Crippen molar-refractivity contribution in [3.63, 3.8) is 0 Å². The van der Waals surface area contributed by atoms with E-state index in [2.05, 4.69) is 5.10 Å². The Morgan fingerprint density at radius 1 is 1.47 bits per heavy atom. The number of carboxylic acid groups (broad SMARTS) is 1. The third kappa shape index (κ3) is 2.31. The molecule has 15 heavy (non-hydrogen) atoms. The summed E-state index contributed by atoms with van der Waals surface area (Å²) in [7, 11) is 0. The zero-order chi connectivity index (χ0) is 10.8. The van der Waals surface area contributed by atoms with Crippen molar-refractivity contribution in [3.8, 4) is 0 Å². The fourth-order valence-electron chi connectivity index (χ4n) is 2.10. The Hall–Kier alpha value is -1.03. The van der Waals surface area contributed by atoms with Crippen LogP contribution in [0.1, 0.15) is 31.7 Å². The van der Waals surface area contributed by atoms with Gasteiger partial charge in [0.1, 0.15) is 0 Å². The predicted molar refractivity (Wildman–Crippen MR) is 55.9 cm³/mol. The molecule has 0 unspecified atom stereocenters. The molecule has 1 aromatic rings. The van der Waals surface area contributed by atoms with Crippen LogP contribution in [0.25, 0.3) is 0 Å². The van der Waals surface area contributed by atoms with E-state index in [1.165, 1.54) is 0 Å². The summed E-state index contributed by atoms with van der Waals surface area (Å²) in [5.41, 5.74) is 0. The van der Waals surface area contributed by atoms with Gasteiger partial charge in [-0.3, -0.25) is 9.48 Å². The molecule has 82 valence electrons. The van der Waals surface area contributed by atoms with Crippen molar-refractivity contribution < 1.29 is 9.90 Å². The number of nitrogens with zero attached hydrogens (tertiary/aromatic N) is 2. The first-order valence-corrected chi connectivity index (χ1v) is 5.47. The molecule has 0 saturated heterocycles. The maximum atomic E-state index is 10.8. The highest BCUT2D eigenvalue weighted by atomic mass is 35.5. The molecule has 0 aromatic carbocycles. The third-order valence-corrected chi connectivity index (χ3v) is 3.19. The number of hydrogen-bond acceptors (Lipinski definition) is 2. The third-order valence-electron chi connectivity index (χ3n) is 2.99. The van der Waals surface area contributed by atoms with Gasteiger partial charge in [-0.05, 0) is 25.7 Å². The zero-order valence-corrected chi connectivity index (χ0v) is 9.02. The van der Waals surface area contributed by atoms with Crippen LogP contribution in [0.2, 0.25) is 5.02 Å². The molecule has 0 amide bonds. The van der Waals surface area contributed by atoms with Crippen LogP contribution in [0, 0.1) is 5.92 Å². The summed E-state index contributed by atoms with van der Waals surface area (Å²) in [6, 6.07) is 0.313. The van der Waals surface area contributed by atoms with Crippen molar-refractivity contribution >= 4 is 17.6 Å². The molecule has 1 fully saturated rings. The molecule has 1 heterocycles. The number of halogens is 1.